The number of hydrogen-bond donors (Lipinski definition) is 2. The number of piperidine rings is 1. The Bertz CT molecular complexity index is 1370. The topological polar surface area (TPSA) is 139 Å². The van der Waals surface area contributed by atoms with Crippen LogP contribution in [0.5, 0.6) is 0 Å². The van der Waals surface area contributed by atoms with Gasteiger partial charge in [0, 0.05) is 31.9 Å². The first-order valence-corrected chi connectivity index (χ1v) is 11.3. The number of anilines is 1. The Morgan fingerprint density at radius 2 is 1.97 bits per heavy atom. The summed E-state index contributed by atoms with van der Waals surface area (Å²) in [5.41, 5.74) is 1.02. The zero-order valence-corrected chi connectivity index (χ0v) is 18.0. The summed E-state index contributed by atoms with van der Waals surface area (Å²) in [5.74, 6) is -2.67. The minimum atomic E-state index is -3.91. The van der Waals surface area contributed by atoms with Crippen LogP contribution in [0.25, 0.3) is 11.1 Å². The zero-order chi connectivity index (χ0) is 23.0. The molecule has 1 saturated heterocycles. The van der Waals surface area contributed by atoms with E-state index in [1.54, 1.807) is 6.07 Å². The predicted molar refractivity (Wildman–Crippen MR) is 115 cm³/mol. The number of carbonyl (C=O) groups excluding carboxylic acids is 1. The average Bonchev–Trinajstić information content (AvgIpc) is 3.07. The quantitative estimate of drug-likeness (QED) is 0.594. The number of aromatic nitrogens is 1. The average molecular weight is 459 g/mol. The van der Waals surface area contributed by atoms with E-state index in [9.17, 15) is 22.8 Å². The number of sulfonamides is 1. The van der Waals surface area contributed by atoms with E-state index >= 15 is 0 Å². The molecule has 11 heteroatoms. The van der Waals surface area contributed by atoms with Gasteiger partial charge in [0.15, 0.2) is 5.58 Å². The molecule has 1 atom stereocenters. The van der Waals surface area contributed by atoms with E-state index in [4.69, 9.17) is 9.52 Å². The van der Waals surface area contributed by atoms with Crippen molar-refractivity contribution in [1.82, 2.24) is 8.87 Å². The van der Waals surface area contributed by atoms with Gasteiger partial charge in [-0.1, -0.05) is 6.07 Å². The van der Waals surface area contributed by atoms with E-state index in [2.05, 4.69) is 5.32 Å². The van der Waals surface area contributed by atoms with Crippen molar-refractivity contribution in [1.29, 1.82) is 0 Å². The van der Waals surface area contributed by atoms with Crippen LogP contribution in [0.2, 0.25) is 0 Å². The number of carboxylic acid groups (broad SMARTS) is 1. The van der Waals surface area contributed by atoms with Gasteiger partial charge in [-0.05, 0) is 43.2 Å². The lowest BCUT2D eigenvalue weighted by atomic mass is 9.98. The molecule has 1 aromatic heterocycles. The highest BCUT2D eigenvalue weighted by Gasteiger charge is 2.33. The Balaban J connectivity index is 1.53. The van der Waals surface area contributed by atoms with E-state index in [0.717, 1.165) is 0 Å². The molecule has 0 aliphatic carbocycles. The number of fused-ring (bicyclic) bond motifs is 1. The molecule has 2 aromatic carbocycles. The molecule has 0 unspecified atom stereocenters. The van der Waals surface area contributed by atoms with E-state index < -0.39 is 27.7 Å². The summed E-state index contributed by atoms with van der Waals surface area (Å²) < 4.78 is 34.0. The van der Waals surface area contributed by atoms with Crippen LogP contribution in [-0.4, -0.2) is 47.4 Å². The van der Waals surface area contributed by atoms with Crippen LogP contribution in [0, 0.1) is 5.92 Å². The number of hydrogen-bond acceptors (Lipinski definition) is 6. The van der Waals surface area contributed by atoms with Crippen molar-refractivity contribution >= 4 is 38.7 Å². The number of aryl methyl sites for hydroxylation is 1. The molecule has 0 radical (unpaired) electrons. The van der Waals surface area contributed by atoms with Gasteiger partial charge >= 0.3 is 11.7 Å². The van der Waals surface area contributed by atoms with Gasteiger partial charge in [-0.2, -0.15) is 4.31 Å². The molecule has 10 nitrogen and oxygen atoms in total. The van der Waals surface area contributed by atoms with Crippen LogP contribution < -0.4 is 11.1 Å². The van der Waals surface area contributed by atoms with E-state index in [1.807, 2.05) is 0 Å². The largest absolute Gasteiger partial charge is 0.478 e. The van der Waals surface area contributed by atoms with Gasteiger partial charge in [-0.3, -0.25) is 9.36 Å². The van der Waals surface area contributed by atoms with E-state index in [0.29, 0.717) is 24.0 Å². The van der Waals surface area contributed by atoms with Crippen molar-refractivity contribution in [3.63, 3.8) is 0 Å². The van der Waals surface area contributed by atoms with Crippen molar-refractivity contribution in [3.8, 4) is 0 Å². The zero-order valence-electron chi connectivity index (χ0n) is 17.1. The smallest absolute Gasteiger partial charge is 0.419 e. The highest BCUT2D eigenvalue weighted by molar-refractivity contribution is 7.89. The summed E-state index contributed by atoms with van der Waals surface area (Å²) >= 11 is 0. The third kappa shape index (κ3) is 4.04. The van der Waals surface area contributed by atoms with Crippen molar-refractivity contribution in [2.75, 3.05) is 18.4 Å². The van der Waals surface area contributed by atoms with Crippen molar-refractivity contribution in [3.05, 3.63) is 58.6 Å². The maximum Gasteiger partial charge on any atom is 0.419 e. The third-order valence-corrected chi connectivity index (χ3v) is 7.39. The van der Waals surface area contributed by atoms with Gasteiger partial charge in [0.05, 0.1) is 21.9 Å². The standard InChI is InChI=1S/C21H21N3O7S/c1-23-17-8-7-16(11-18(17)31-21(23)28)32(29,30)24-9-3-5-14(12-24)19(25)22-15-6-2-4-13(10-15)20(26)27/h2,4,6-8,10-11,14H,3,5,9,12H2,1H3,(H,22,25)(H,26,27)/t14-/m1/s1. The van der Waals surface area contributed by atoms with E-state index in [-0.39, 0.29) is 35.0 Å². The number of carboxylic acids is 1. The van der Waals surface area contributed by atoms with Crippen LogP contribution in [0.4, 0.5) is 5.69 Å². The first-order valence-electron chi connectivity index (χ1n) is 9.91. The number of nitrogens with one attached hydrogen (secondary N) is 1. The second-order valence-electron chi connectivity index (χ2n) is 7.63. The molecule has 168 valence electrons. The lowest BCUT2D eigenvalue weighted by Gasteiger charge is -2.31. The van der Waals surface area contributed by atoms with Gasteiger partial charge in [-0.15, -0.1) is 0 Å². The molecular weight excluding hydrogens is 438 g/mol. The van der Waals surface area contributed by atoms with Crippen LogP contribution in [0.15, 0.2) is 56.6 Å². The molecule has 1 amide bonds. The summed E-state index contributed by atoms with van der Waals surface area (Å²) in [7, 11) is -2.38. The Labute approximate surface area is 183 Å². The molecule has 1 aliphatic heterocycles. The normalized spacial score (nSPS) is 17.3. The van der Waals surface area contributed by atoms with Gasteiger partial charge in [0.1, 0.15) is 0 Å². The summed E-state index contributed by atoms with van der Waals surface area (Å²) in [6.07, 6.45) is 0.998. The molecule has 4 rings (SSSR count). The fourth-order valence-corrected chi connectivity index (χ4v) is 5.31. The van der Waals surface area contributed by atoms with Gasteiger partial charge in [0.2, 0.25) is 15.9 Å². The number of oxazole rings is 1. The molecule has 32 heavy (non-hydrogen) atoms. The number of amides is 1. The second kappa shape index (κ2) is 8.24. The number of carbonyl (C=O) groups is 2. The fraction of sp³-hybridized carbons (Fsp3) is 0.286. The molecule has 0 saturated carbocycles. The number of benzene rings is 2. The molecule has 2 heterocycles. The summed E-state index contributed by atoms with van der Waals surface area (Å²) in [5, 5.41) is 11.8. The van der Waals surface area contributed by atoms with Gasteiger partial charge in [-0.25, -0.2) is 18.0 Å². The number of aromatic carboxylic acids is 1. The first-order chi connectivity index (χ1) is 15.2. The predicted octanol–water partition coefficient (Wildman–Crippen LogP) is 1.87. The van der Waals surface area contributed by atoms with Crippen molar-refractivity contribution in [2.24, 2.45) is 13.0 Å². The Kier molecular flexibility index (Phi) is 5.61. The van der Waals surface area contributed by atoms with Crippen LogP contribution in [0.1, 0.15) is 23.2 Å². The molecule has 1 fully saturated rings. The third-order valence-electron chi connectivity index (χ3n) is 5.53. The van der Waals surface area contributed by atoms with Crippen LogP contribution >= 0.6 is 0 Å². The van der Waals surface area contributed by atoms with E-state index in [1.165, 1.54) is 52.3 Å². The number of nitrogens with zero attached hydrogens (tertiary/aromatic N) is 2. The minimum Gasteiger partial charge on any atom is -0.478 e. The highest BCUT2D eigenvalue weighted by atomic mass is 32.2. The first kappa shape index (κ1) is 21.8. The fourth-order valence-electron chi connectivity index (χ4n) is 3.77. The molecule has 3 aromatic rings. The van der Waals surface area contributed by atoms with Crippen molar-refractivity contribution < 1.29 is 27.5 Å². The number of rotatable bonds is 5. The second-order valence-corrected chi connectivity index (χ2v) is 9.57. The van der Waals surface area contributed by atoms with Gasteiger partial charge < -0.3 is 14.8 Å². The van der Waals surface area contributed by atoms with Gasteiger partial charge in [0.25, 0.3) is 0 Å². The van der Waals surface area contributed by atoms with Crippen LogP contribution in [-0.2, 0) is 21.9 Å². The summed E-state index contributed by atoms with van der Waals surface area (Å²) in [6.45, 7) is 0.251. The SMILES string of the molecule is Cn1c(=O)oc2cc(S(=O)(=O)N3CCC[C@@H](C(=O)Nc4cccc(C(=O)O)c4)C3)ccc21. The lowest BCUT2D eigenvalue weighted by molar-refractivity contribution is -0.120. The Morgan fingerprint density at radius 1 is 1.19 bits per heavy atom. The highest BCUT2D eigenvalue weighted by Crippen LogP contribution is 2.27. The summed E-state index contributed by atoms with van der Waals surface area (Å²) in [4.78, 5) is 35.5. The Hall–Kier alpha value is -3.44. The molecule has 1 aliphatic rings. The lowest BCUT2D eigenvalue weighted by Crippen LogP contribution is -2.43. The minimum absolute atomic E-state index is 0.0104. The Morgan fingerprint density at radius 3 is 2.72 bits per heavy atom. The maximum atomic E-state index is 13.2. The molecular formula is C21H21N3O7S. The molecule has 0 bridgehead atoms. The van der Waals surface area contributed by atoms with Crippen LogP contribution in [0.3, 0.4) is 0 Å². The van der Waals surface area contributed by atoms with Crippen molar-refractivity contribution in [2.45, 2.75) is 17.7 Å². The monoisotopic (exact) mass is 459 g/mol. The molecule has 2 N–H and O–H groups in total. The summed E-state index contributed by atoms with van der Waals surface area (Å²) in [6, 6.07) is 10.1. The maximum absolute atomic E-state index is 13.2. The molecule has 0 spiro atoms.